The third kappa shape index (κ3) is 3.31. The quantitative estimate of drug-likeness (QED) is 0.624. The van der Waals surface area contributed by atoms with Gasteiger partial charge in [-0.1, -0.05) is 0 Å². The molecule has 0 saturated heterocycles. The van der Waals surface area contributed by atoms with Crippen molar-refractivity contribution >= 4 is 11.7 Å². The van der Waals surface area contributed by atoms with Gasteiger partial charge in [0, 0.05) is 5.56 Å². The van der Waals surface area contributed by atoms with Crippen LogP contribution < -0.4 is 4.74 Å². The Morgan fingerprint density at radius 2 is 2.00 bits per heavy atom. The van der Waals surface area contributed by atoms with Crippen molar-refractivity contribution in [2.45, 2.75) is 12.7 Å². The molecule has 1 rings (SSSR count). The number of aliphatic hydroxyl groups excluding tert-OH is 1. The van der Waals surface area contributed by atoms with E-state index in [1.165, 1.54) is 0 Å². The van der Waals surface area contributed by atoms with Crippen LogP contribution in [0.15, 0.2) is 12.1 Å². The van der Waals surface area contributed by atoms with Gasteiger partial charge in [0.15, 0.2) is 6.10 Å². The van der Waals surface area contributed by atoms with Crippen LogP contribution in [-0.2, 0) is 4.79 Å². The average molecular weight is 281 g/mol. The molecule has 0 heterocycles. The molecule has 0 bridgehead atoms. The molecular formula is C9H6F3NO6. The van der Waals surface area contributed by atoms with Crippen molar-refractivity contribution in [1.82, 2.24) is 0 Å². The molecule has 0 aliphatic rings. The van der Waals surface area contributed by atoms with E-state index in [0.717, 1.165) is 0 Å². The van der Waals surface area contributed by atoms with E-state index >= 15 is 0 Å². The molecule has 1 unspecified atom stereocenters. The molecule has 7 nitrogen and oxygen atoms in total. The standard InChI is InChI=1S/C9H6F3NO6/c10-4-2-5(13(17)18)6(19-9(11)12)1-3(4)7(14)8(15)16/h1-2,7,9,14H,(H,15,16). The number of carboxylic acid groups (broad SMARTS) is 1. The SMILES string of the molecule is O=C(O)C(O)c1cc(OC(F)F)c([N+](=O)[O-])cc1F. The Labute approximate surface area is 103 Å². The summed E-state index contributed by atoms with van der Waals surface area (Å²) in [6.45, 7) is -3.43. The monoisotopic (exact) mass is 281 g/mol. The van der Waals surface area contributed by atoms with E-state index in [2.05, 4.69) is 4.74 Å². The second-order valence-electron chi connectivity index (χ2n) is 3.22. The van der Waals surface area contributed by atoms with E-state index in [4.69, 9.17) is 10.2 Å². The number of carboxylic acids is 1. The Morgan fingerprint density at radius 3 is 2.42 bits per heavy atom. The van der Waals surface area contributed by atoms with Crippen molar-refractivity contribution in [3.05, 3.63) is 33.6 Å². The summed E-state index contributed by atoms with van der Waals surface area (Å²) in [5.74, 6) is -4.32. The fourth-order valence-electron chi connectivity index (χ4n) is 1.23. The number of ether oxygens (including phenoxy) is 1. The van der Waals surface area contributed by atoms with Crippen LogP contribution in [0.1, 0.15) is 11.7 Å². The molecule has 0 saturated carbocycles. The molecule has 19 heavy (non-hydrogen) atoms. The molecule has 0 aromatic heterocycles. The fourth-order valence-corrected chi connectivity index (χ4v) is 1.23. The van der Waals surface area contributed by atoms with Crippen LogP contribution in [0.2, 0.25) is 0 Å². The minimum absolute atomic E-state index is 0.194. The van der Waals surface area contributed by atoms with Crippen LogP contribution in [0.4, 0.5) is 18.9 Å². The minimum Gasteiger partial charge on any atom is -0.479 e. The smallest absolute Gasteiger partial charge is 0.387 e. The third-order valence-corrected chi connectivity index (χ3v) is 2.02. The maximum absolute atomic E-state index is 13.4. The first-order valence-corrected chi connectivity index (χ1v) is 4.57. The Bertz CT molecular complexity index is 521. The number of halogens is 3. The molecule has 0 spiro atoms. The molecule has 0 aliphatic heterocycles. The third-order valence-electron chi connectivity index (χ3n) is 2.02. The zero-order valence-corrected chi connectivity index (χ0v) is 8.92. The van der Waals surface area contributed by atoms with Crippen molar-refractivity contribution in [3.63, 3.8) is 0 Å². The van der Waals surface area contributed by atoms with Gasteiger partial charge in [0.2, 0.25) is 5.75 Å². The number of nitrogens with zero attached hydrogens (tertiary/aromatic N) is 1. The summed E-state index contributed by atoms with van der Waals surface area (Å²) < 4.78 is 41.2. The number of alkyl halides is 2. The molecule has 104 valence electrons. The number of nitro benzene ring substituents is 1. The summed E-state index contributed by atoms with van der Waals surface area (Å²) in [7, 11) is 0. The van der Waals surface area contributed by atoms with Gasteiger partial charge in [-0.05, 0) is 6.07 Å². The summed E-state index contributed by atoms with van der Waals surface area (Å²) in [6, 6.07) is 0.539. The molecule has 0 amide bonds. The summed E-state index contributed by atoms with van der Waals surface area (Å²) >= 11 is 0. The Morgan fingerprint density at radius 1 is 1.42 bits per heavy atom. The van der Waals surface area contributed by atoms with Gasteiger partial charge in [0.05, 0.1) is 11.0 Å². The van der Waals surface area contributed by atoms with Crippen LogP contribution >= 0.6 is 0 Å². The van der Waals surface area contributed by atoms with Gasteiger partial charge in [0.25, 0.3) is 0 Å². The molecular weight excluding hydrogens is 275 g/mol. The zero-order valence-electron chi connectivity index (χ0n) is 8.92. The number of aliphatic carboxylic acids is 1. The van der Waals surface area contributed by atoms with E-state index in [1.54, 1.807) is 0 Å². The summed E-state index contributed by atoms with van der Waals surface area (Å²) in [5.41, 5.74) is -2.03. The molecule has 10 heteroatoms. The van der Waals surface area contributed by atoms with Crippen LogP contribution in [0.3, 0.4) is 0 Å². The van der Waals surface area contributed by atoms with Crippen molar-refractivity contribution in [1.29, 1.82) is 0 Å². The normalized spacial score (nSPS) is 12.3. The molecule has 1 aromatic carbocycles. The Hall–Kier alpha value is -2.36. The number of nitro groups is 1. The average Bonchev–Trinajstić information content (AvgIpc) is 2.28. The fraction of sp³-hybridized carbons (Fsp3) is 0.222. The lowest BCUT2D eigenvalue weighted by Gasteiger charge is -2.10. The van der Waals surface area contributed by atoms with E-state index in [-0.39, 0.29) is 6.07 Å². The van der Waals surface area contributed by atoms with Crippen LogP contribution in [0.5, 0.6) is 5.75 Å². The number of aliphatic hydroxyl groups is 1. The molecule has 1 aromatic rings. The predicted molar refractivity (Wildman–Crippen MR) is 52.3 cm³/mol. The van der Waals surface area contributed by atoms with Crippen molar-refractivity contribution in [2.24, 2.45) is 0 Å². The number of carbonyl (C=O) groups is 1. The number of hydrogen-bond acceptors (Lipinski definition) is 5. The van der Waals surface area contributed by atoms with Gasteiger partial charge in [-0.3, -0.25) is 10.1 Å². The maximum Gasteiger partial charge on any atom is 0.387 e. The summed E-state index contributed by atoms with van der Waals surface area (Å²) in [4.78, 5) is 19.8. The van der Waals surface area contributed by atoms with Gasteiger partial charge in [-0.25, -0.2) is 9.18 Å². The van der Waals surface area contributed by atoms with Gasteiger partial charge in [-0.2, -0.15) is 8.78 Å². The second kappa shape index (κ2) is 5.52. The van der Waals surface area contributed by atoms with E-state index < -0.39 is 46.4 Å². The van der Waals surface area contributed by atoms with Crippen LogP contribution in [0, 0.1) is 15.9 Å². The summed E-state index contributed by atoms with van der Waals surface area (Å²) in [5, 5.41) is 28.1. The maximum atomic E-state index is 13.4. The molecule has 2 N–H and O–H groups in total. The highest BCUT2D eigenvalue weighted by Gasteiger charge is 2.27. The lowest BCUT2D eigenvalue weighted by molar-refractivity contribution is -0.386. The number of benzene rings is 1. The molecule has 0 aliphatic carbocycles. The van der Waals surface area contributed by atoms with Crippen LogP contribution in [-0.4, -0.2) is 27.7 Å². The molecule has 1 atom stereocenters. The highest BCUT2D eigenvalue weighted by atomic mass is 19.3. The summed E-state index contributed by atoms with van der Waals surface area (Å²) in [6.07, 6.45) is -2.36. The van der Waals surface area contributed by atoms with Crippen molar-refractivity contribution in [2.75, 3.05) is 0 Å². The first-order valence-electron chi connectivity index (χ1n) is 4.57. The van der Waals surface area contributed by atoms with Crippen molar-refractivity contribution < 1.29 is 37.8 Å². The number of rotatable bonds is 5. The second-order valence-corrected chi connectivity index (χ2v) is 3.22. The molecule has 0 fully saturated rings. The lowest BCUT2D eigenvalue weighted by atomic mass is 10.1. The van der Waals surface area contributed by atoms with Gasteiger partial charge < -0.3 is 14.9 Å². The first-order chi connectivity index (χ1) is 8.73. The van der Waals surface area contributed by atoms with Gasteiger partial charge in [-0.15, -0.1) is 0 Å². The topological polar surface area (TPSA) is 110 Å². The molecule has 0 radical (unpaired) electrons. The zero-order chi connectivity index (χ0) is 14.7. The Kier molecular flexibility index (Phi) is 4.27. The van der Waals surface area contributed by atoms with Gasteiger partial charge >= 0.3 is 18.3 Å². The first kappa shape index (κ1) is 14.7. The van der Waals surface area contributed by atoms with Crippen LogP contribution in [0.25, 0.3) is 0 Å². The highest BCUT2D eigenvalue weighted by Crippen LogP contribution is 2.33. The predicted octanol–water partition coefficient (Wildman–Crippen LogP) is 1.45. The lowest BCUT2D eigenvalue weighted by Crippen LogP contribution is -2.14. The Balaban J connectivity index is 3.37. The van der Waals surface area contributed by atoms with Gasteiger partial charge in [0.1, 0.15) is 5.82 Å². The van der Waals surface area contributed by atoms with E-state index in [0.29, 0.717) is 6.07 Å². The van der Waals surface area contributed by atoms with E-state index in [9.17, 15) is 28.1 Å². The number of hydrogen-bond donors (Lipinski definition) is 2. The van der Waals surface area contributed by atoms with Crippen molar-refractivity contribution in [3.8, 4) is 5.75 Å². The minimum atomic E-state index is -3.43. The highest BCUT2D eigenvalue weighted by molar-refractivity contribution is 5.74. The van der Waals surface area contributed by atoms with E-state index in [1.807, 2.05) is 0 Å². The largest absolute Gasteiger partial charge is 0.479 e.